The zero-order chi connectivity index (χ0) is 10.4. The molecule has 0 aromatic carbocycles. The van der Waals surface area contributed by atoms with E-state index in [0.29, 0.717) is 5.69 Å². The third-order valence-electron chi connectivity index (χ3n) is 1.32. The number of aryl methyl sites for hydroxylation is 1. The number of aromatic hydroxyl groups is 1. The average molecular weight is 180 g/mol. The number of rotatable bonds is 0. The van der Waals surface area contributed by atoms with Crippen molar-refractivity contribution in [1.29, 1.82) is 5.26 Å². The molecule has 13 heavy (non-hydrogen) atoms. The van der Waals surface area contributed by atoms with Gasteiger partial charge >= 0.3 is 0 Å². The predicted molar refractivity (Wildman–Crippen MR) is 49.5 cm³/mol. The van der Waals surface area contributed by atoms with Crippen molar-refractivity contribution in [2.45, 2.75) is 20.8 Å². The highest BCUT2D eigenvalue weighted by atomic mass is 16.3. The number of aromatic amines is 1. The molecule has 0 aliphatic rings. The summed E-state index contributed by atoms with van der Waals surface area (Å²) in [6.45, 7) is 5.56. The van der Waals surface area contributed by atoms with Crippen LogP contribution >= 0.6 is 0 Å². The van der Waals surface area contributed by atoms with Gasteiger partial charge in [0.15, 0.2) is 0 Å². The van der Waals surface area contributed by atoms with Crippen molar-refractivity contribution >= 4 is 0 Å². The summed E-state index contributed by atoms with van der Waals surface area (Å²) in [6.07, 6.45) is 0. The Morgan fingerprint density at radius 2 is 2.08 bits per heavy atom. The normalized spacial score (nSPS) is 8.15. The van der Waals surface area contributed by atoms with Gasteiger partial charge < -0.3 is 10.1 Å². The van der Waals surface area contributed by atoms with Gasteiger partial charge in [0.2, 0.25) is 0 Å². The van der Waals surface area contributed by atoms with Gasteiger partial charge in [0.25, 0.3) is 5.56 Å². The fourth-order valence-electron chi connectivity index (χ4n) is 0.813. The standard InChI is InChI=1S/C7H6N2O2.C2H6/c1-4-5(3-8)6(10)2-7(11)9-4;1-2/h2H,1H3,(H2,9,10,11);1-2H3. The smallest absolute Gasteiger partial charge is 0.251 e. The summed E-state index contributed by atoms with van der Waals surface area (Å²) in [6, 6.07) is 2.75. The summed E-state index contributed by atoms with van der Waals surface area (Å²) in [5.41, 5.74) is 0.0982. The van der Waals surface area contributed by atoms with E-state index >= 15 is 0 Å². The third-order valence-corrected chi connectivity index (χ3v) is 1.32. The van der Waals surface area contributed by atoms with Crippen LogP contribution in [0.25, 0.3) is 0 Å². The zero-order valence-corrected chi connectivity index (χ0v) is 7.88. The van der Waals surface area contributed by atoms with Crippen LogP contribution in [0.5, 0.6) is 5.75 Å². The lowest BCUT2D eigenvalue weighted by Crippen LogP contribution is -2.06. The van der Waals surface area contributed by atoms with Crippen LogP contribution in [-0.4, -0.2) is 10.1 Å². The van der Waals surface area contributed by atoms with Crippen LogP contribution in [0.15, 0.2) is 10.9 Å². The molecule has 0 amide bonds. The number of hydrogen-bond donors (Lipinski definition) is 2. The number of nitrogens with one attached hydrogen (secondary N) is 1. The van der Waals surface area contributed by atoms with E-state index in [1.807, 2.05) is 13.8 Å². The first-order valence-electron chi connectivity index (χ1n) is 3.98. The molecular formula is C9H12N2O2. The van der Waals surface area contributed by atoms with Crippen molar-refractivity contribution in [2.24, 2.45) is 0 Å². The largest absolute Gasteiger partial charge is 0.506 e. The maximum Gasteiger partial charge on any atom is 0.251 e. The van der Waals surface area contributed by atoms with Crippen LogP contribution in [0.1, 0.15) is 25.1 Å². The van der Waals surface area contributed by atoms with Crippen molar-refractivity contribution in [3.63, 3.8) is 0 Å². The zero-order valence-electron chi connectivity index (χ0n) is 7.88. The molecule has 0 saturated heterocycles. The number of H-pyrrole nitrogens is 1. The molecule has 70 valence electrons. The van der Waals surface area contributed by atoms with Crippen LogP contribution in [-0.2, 0) is 0 Å². The lowest BCUT2D eigenvalue weighted by molar-refractivity contribution is 0.471. The molecule has 0 bridgehead atoms. The van der Waals surface area contributed by atoms with E-state index in [1.54, 1.807) is 13.0 Å². The minimum Gasteiger partial charge on any atom is -0.506 e. The highest BCUT2D eigenvalue weighted by Crippen LogP contribution is 2.13. The van der Waals surface area contributed by atoms with Crippen LogP contribution in [0.2, 0.25) is 0 Å². The SMILES string of the molecule is CC.Cc1[nH]c(=O)cc(O)c1C#N. The van der Waals surface area contributed by atoms with Gasteiger partial charge in [-0.15, -0.1) is 0 Å². The summed E-state index contributed by atoms with van der Waals surface area (Å²) in [7, 11) is 0. The van der Waals surface area contributed by atoms with Crippen molar-refractivity contribution in [3.8, 4) is 11.8 Å². The average Bonchev–Trinajstić information content (AvgIpc) is 2.07. The molecule has 4 heteroatoms. The maximum atomic E-state index is 10.7. The Kier molecular flexibility index (Phi) is 4.31. The van der Waals surface area contributed by atoms with Gasteiger partial charge in [-0.25, -0.2) is 0 Å². The number of nitriles is 1. The van der Waals surface area contributed by atoms with Gasteiger partial charge in [0.1, 0.15) is 17.4 Å². The summed E-state index contributed by atoms with van der Waals surface area (Å²) in [5, 5.41) is 17.5. The molecule has 0 fully saturated rings. The van der Waals surface area contributed by atoms with Crippen LogP contribution in [0.3, 0.4) is 0 Å². The van der Waals surface area contributed by atoms with Gasteiger partial charge in [0, 0.05) is 11.8 Å². The monoisotopic (exact) mass is 180 g/mol. The Morgan fingerprint density at radius 3 is 2.46 bits per heavy atom. The topological polar surface area (TPSA) is 76.9 Å². The predicted octanol–water partition coefficient (Wildman–Crippen LogP) is 1.29. The van der Waals surface area contributed by atoms with Gasteiger partial charge in [-0.3, -0.25) is 4.79 Å². The van der Waals surface area contributed by atoms with E-state index in [4.69, 9.17) is 10.4 Å². The Labute approximate surface area is 76.5 Å². The third kappa shape index (κ3) is 2.64. The molecule has 1 rings (SSSR count). The molecule has 0 saturated carbocycles. The molecule has 1 heterocycles. The van der Waals surface area contributed by atoms with E-state index in [9.17, 15) is 4.79 Å². The lowest BCUT2D eigenvalue weighted by atomic mass is 10.2. The van der Waals surface area contributed by atoms with E-state index in [2.05, 4.69) is 4.98 Å². The molecule has 1 aromatic rings. The molecule has 0 aliphatic carbocycles. The van der Waals surface area contributed by atoms with Crippen LogP contribution in [0, 0.1) is 18.3 Å². The number of nitrogens with zero attached hydrogens (tertiary/aromatic N) is 1. The summed E-state index contributed by atoms with van der Waals surface area (Å²) in [5.74, 6) is -0.270. The van der Waals surface area contributed by atoms with E-state index < -0.39 is 5.56 Å². The van der Waals surface area contributed by atoms with Crippen molar-refractivity contribution in [3.05, 3.63) is 27.7 Å². The Bertz CT molecular complexity index is 348. The summed E-state index contributed by atoms with van der Waals surface area (Å²) in [4.78, 5) is 13.0. The Morgan fingerprint density at radius 1 is 1.54 bits per heavy atom. The molecule has 0 unspecified atom stereocenters. The fourth-order valence-corrected chi connectivity index (χ4v) is 0.813. The number of aromatic nitrogens is 1. The highest BCUT2D eigenvalue weighted by Gasteiger charge is 2.04. The second-order valence-corrected chi connectivity index (χ2v) is 2.13. The van der Waals surface area contributed by atoms with Gasteiger partial charge in [0.05, 0.1) is 0 Å². The molecule has 0 aliphatic heterocycles. The van der Waals surface area contributed by atoms with E-state index in [1.165, 1.54) is 0 Å². The van der Waals surface area contributed by atoms with Crippen molar-refractivity contribution in [2.75, 3.05) is 0 Å². The van der Waals surface area contributed by atoms with Crippen molar-refractivity contribution < 1.29 is 5.11 Å². The van der Waals surface area contributed by atoms with Gasteiger partial charge in [-0.05, 0) is 6.92 Å². The first-order chi connectivity index (χ1) is 6.15. The van der Waals surface area contributed by atoms with E-state index in [-0.39, 0.29) is 11.3 Å². The molecule has 4 nitrogen and oxygen atoms in total. The highest BCUT2D eigenvalue weighted by molar-refractivity contribution is 5.43. The molecule has 0 radical (unpaired) electrons. The van der Waals surface area contributed by atoms with Crippen molar-refractivity contribution in [1.82, 2.24) is 4.98 Å². The second-order valence-electron chi connectivity index (χ2n) is 2.13. The minimum atomic E-state index is -0.404. The van der Waals surface area contributed by atoms with Crippen LogP contribution in [0.4, 0.5) is 0 Å². The molecule has 2 N–H and O–H groups in total. The fraction of sp³-hybridized carbons (Fsp3) is 0.333. The lowest BCUT2D eigenvalue weighted by Gasteiger charge is -1.97. The maximum absolute atomic E-state index is 10.7. The first kappa shape index (κ1) is 11.2. The Balaban J connectivity index is 0.000000671. The van der Waals surface area contributed by atoms with E-state index in [0.717, 1.165) is 6.07 Å². The summed E-state index contributed by atoms with van der Waals surface area (Å²) >= 11 is 0. The Hall–Kier alpha value is -1.76. The van der Waals surface area contributed by atoms with Gasteiger partial charge in [-0.1, -0.05) is 13.8 Å². The molecule has 0 atom stereocenters. The molecule has 0 spiro atoms. The second kappa shape index (κ2) is 4.99. The number of hydrogen-bond acceptors (Lipinski definition) is 3. The molecular weight excluding hydrogens is 168 g/mol. The first-order valence-corrected chi connectivity index (χ1v) is 3.98. The quantitative estimate of drug-likeness (QED) is 0.631. The van der Waals surface area contributed by atoms with Crippen LogP contribution < -0.4 is 5.56 Å². The summed E-state index contributed by atoms with van der Waals surface area (Å²) < 4.78 is 0. The minimum absolute atomic E-state index is 0.115. The van der Waals surface area contributed by atoms with Gasteiger partial charge in [-0.2, -0.15) is 5.26 Å². The number of pyridine rings is 1. The molecule has 1 aromatic heterocycles.